The van der Waals surface area contributed by atoms with Crippen molar-refractivity contribution < 1.29 is 14.3 Å². The van der Waals surface area contributed by atoms with Gasteiger partial charge in [0, 0.05) is 7.11 Å². The van der Waals surface area contributed by atoms with Crippen LogP contribution in [0.25, 0.3) is 0 Å². The summed E-state index contributed by atoms with van der Waals surface area (Å²) in [5, 5.41) is 2.72. The summed E-state index contributed by atoms with van der Waals surface area (Å²) < 4.78 is 10.1. The Bertz CT molecular complexity index is 178. The highest BCUT2D eigenvalue weighted by Crippen LogP contribution is 2.20. The van der Waals surface area contributed by atoms with Crippen LogP contribution in [0, 0.1) is 0 Å². The standard InChI is InChI=1S/C10H19NO3/c1-8(7-13-2)11-10(12)14-9-5-3-4-6-9/h8-9H,3-7H2,1-2H3,(H,11,12)/t8-/m0/s1. The zero-order valence-electron chi connectivity index (χ0n) is 8.91. The first-order valence-corrected chi connectivity index (χ1v) is 5.18. The van der Waals surface area contributed by atoms with Crippen molar-refractivity contribution in [2.24, 2.45) is 0 Å². The molecular formula is C10H19NO3. The topological polar surface area (TPSA) is 47.6 Å². The molecule has 4 nitrogen and oxygen atoms in total. The second-order valence-corrected chi connectivity index (χ2v) is 3.81. The lowest BCUT2D eigenvalue weighted by Gasteiger charge is -2.15. The van der Waals surface area contributed by atoms with Crippen LogP contribution in [0.4, 0.5) is 4.79 Å². The summed E-state index contributed by atoms with van der Waals surface area (Å²) in [4.78, 5) is 11.3. The summed E-state index contributed by atoms with van der Waals surface area (Å²) in [6, 6.07) is 0.00824. The van der Waals surface area contributed by atoms with E-state index < -0.39 is 0 Å². The van der Waals surface area contributed by atoms with Crippen molar-refractivity contribution in [3.05, 3.63) is 0 Å². The normalized spacial score (nSPS) is 19.3. The Kier molecular flexibility index (Phi) is 4.73. The van der Waals surface area contributed by atoms with Crippen LogP contribution in [0.5, 0.6) is 0 Å². The highest BCUT2D eigenvalue weighted by molar-refractivity contribution is 5.67. The third-order valence-electron chi connectivity index (χ3n) is 2.36. The van der Waals surface area contributed by atoms with Gasteiger partial charge >= 0.3 is 6.09 Å². The Hall–Kier alpha value is -0.770. The predicted molar refractivity (Wildman–Crippen MR) is 53.2 cm³/mol. The highest BCUT2D eigenvalue weighted by Gasteiger charge is 2.19. The van der Waals surface area contributed by atoms with Gasteiger partial charge in [0.1, 0.15) is 6.10 Å². The SMILES string of the molecule is COC[C@H](C)NC(=O)OC1CCCC1. The minimum absolute atomic E-state index is 0.00824. The van der Waals surface area contributed by atoms with E-state index in [-0.39, 0.29) is 18.2 Å². The lowest BCUT2D eigenvalue weighted by Crippen LogP contribution is -2.37. The molecule has 1 fully saturated rings. The van der Waals surface area contributed by atoms with Crippen molar-refractivity contribution in [1.29, 1.82) is 0 Å². The summed E-state index contributed by atoms with van der Waals surface area (Å²) >= 11 is 0. The second-order valence-electron chi connectivity index (χ2n) is 3.81. The summed E-state index contributed by atoms with van der Waals surface area (Å²) in [5.41, 5.74) is 0. The molecule has 0 spiro atoms. The Morgan fingerprint density at radius 2 is 2.14 bits per heavy atom. The van der Waals surface area contributed by atoms with Crippen LogP contribution in [-0.2, 0) is 9.47 Å². The smallest absolute Gasteiger partial charge is 0.407 e. The number of methoxy groups -OCH3 is 1. The van der Waals surface area contributed by atoms with E-state index in [4.69, 9.17) is 9.47 Å². The lowest BCUT2D eigenvalue weighted by atomic mass is 10.3. The number of ether oxygens (including phenoxy) is 2. The molecule has 1 saturated carbocycles. The Morgan fingerprint density at radius 3 is 2.71 bits per heavy atom. The number of hydrogen-bond acceptors (Lipinski definition) is 3. The maximum atomic E-state index is 11.3. The van der Waals surface area contributed by atoms with Gasteiger partial charge in [0.05, 0.1) is 12.6 Å². The molecule has 0 aromatic rings. The van der Waals surface area contributed by atoms with E-state index in [1.807, 2.05) is 6.92 Å². The van der Waals surface area contributed by atoms with Crippen LogP contribution in [0.1, 0.15) is 32.6 Å². The second kappa shape index (κ2) is 5.86. The molecule has 0 bridgehead atoms. The van der Waals surface area contributed by atoms with Gasteiger partial charge in [-0.2, -0.15) is 0 Å². The molecule has 0 aromatic carbocycles. The zero-order valence-corrected chi connectivity index (χ0v) is 8.91. The van der Waals surface area contributed by atoms with E-state index in [0.717, 1.165) is 12.8 Å². The fourth-order valence-corrected chi connectivity index (χ4v) is 1.68. The molecule has 82 valence electrons. The fourth-order valence-electron chi connectivity index (χ4n) is 1.68. The Balaban J connectivity index is 2.14. The van der Waals surface area contributed by atoms with Gasteiger partial charge in [-0.15, -0.1) is 0 Å². The molecule has 0 radical (unpaired) electrons. The largest absolute Gasteiger partial charge is 0.446 e. The molecule has 0 aliphatic heterocycles. The first-order chi connectivity index (χ1) is 6.72. The number of carbonyl (C=O) groups is 1. The van der Waals surface area contributed by atoms with Gasteiger partial charge in [-0.3, -0.25) is 0 Å². The number of rotatable bonds is 4. The van der Waals surface area contributed by atoms with Crippen LogP contribution in [0.15, 0.2) is 0 Å². The van der Waals surface area contributed by atoms with Crippen molar-refractivity contribution in [1.82, 2.24) is 5.32 Å². The first kappa shape index (κ1) is 11.3. The average molecular weight is 201 g/mol. The summed E-state index contributed by atoms with van der Waals surface area (Å²) in [7, 11) is 1.61. The molecular weight excluding hydrogens is 182 g/mol. The number of amides is 1. The molecule has 1 N–H and O–H groups in total. The van der Waals surface area contributed by atoms with Crippen LogP contribution in [-0.4, -0.2) is 32.0 Å². The Labute approximate surface area is 85.0 Å². The maximum absolute atomic E-state index is 11.3. The molecule has 1 aliphatic rings. The number of nitrogens with one attached hydrogen (secondary N) is 1. The van der Waals surface area contributed by atoms with Gasteiger partial charge < -0.3 is 14.8 Å². The third-order valence-corrected chi connectivity index (χ3v) is 2.36. The van der Waals surface area contributed by atoms with Crippen LogP contribution in [0.2, 0.25) is 0 Å². The van der Waals surface area contributed by atoms with Crippen molar-refractivity contribution in [2.45, 2.75) is 44.8 Å². The summed E-state index contributed by atoms with van der Waals surface area (Å²) in [6.07, 6.45) is 4.17. The quantitative estimate of drug-likeness (QED) is 0.753. The minimum atomic E-state index is -0.318. The zero-order chi connectivity index (χ0) is 10.4. The van der Waals surface area contributed by atoms with Crippen LogP contribution >= 0.6 is 0 Å². The summed E-state index contributed by atoms with van der Waals surface area (Å²) in [5.74, 6) is 0. The third kappa shape index (κ3) is 3.96. The fraction of sp³-hybridized carbons (Fsp3) is 0.900. The number of hydrogen-bond donors (Lipinski definition) is 1. The van der Waals surface area contributed by atoms with Crippen molar-refractivity contribution in [3.63, 3.8) is 0 Å². The van der Waals surface area contributed by atoms with Crippen LogP contribution in [0.3, 0.4) is 0 Å². The van der Waals surface area contributed by atoms with E-state index >= 15 is 0 Å². The molecule has 4 heteroatoms. The highest BCUT2D eigenvalue weighted by atomic mass is 16.6. The van der Waals surface area contributed by atoms with Gasteiger partial charge in [0.2, 0.25) is 0 Å². The molecule has 1 amide bonds. The molecule has 0 unspecified atom stereocenters. The van der Waals surface area contributed by atoms with E-state index in [1.54, 1.807) is 7.11 Å². The molecule has 1 aliphatic carbocycles. The maximum Gasteiger partial charge on any atom is 0.407 e. The summed E-state index contributed by atoms with van der Waals surface area (Å²) in [6.45, 7) is 2.40. The molecule has 0 aromatic heterocycles. The van der Waals surface area contributed by atoms with Crippen molar-refractivity contribution in [3.8, 4) is 0 Å². The van der Waals surface area contributed by atoms with Gasteiger partial charge in [-0.1, -0.05) is 0 Å². The van der Waals surface area contributed by atoms with E-state index in [2.05, 4.69) is 5.32 Å². The predicted octanol–water partition coefficient (Wildman–Crippen LogP) is 1.69. The van der Waals surface area contributed by atoms with E-state index in [9.17, 15) is 4.79 Å². The lowest BCUT2D eigenvalue weighted by molar-refractivity contribution is 0.0918. The van der Waals surface area contributed by atoms with Crippen LogP contribution < -0.4 is 5.32 Å². The van der Waals surface area contributed by atoms with Crippen molar-refractivity contribution >= 4 is 6.09 Å². The Morgan fingerprint density at radius 1 is 1.50 bits per heavy atom. The number of alkyl carbamates (subject to hydrolysis) is 1. The van der Waals surface area contributed by atoms with E-state index in [1.165, 1.54) is 12.8 Å². The van der Waals surface area contributed by atoms with Gasteiger partial charge in [0.25, 0.3) is 0 Å². The van der Waals surface area contributed by atoms with Gasteiger partial charge in [-0.25, -0.2) is 4.79 Å². The minimum Gasteiger partial charge on any atom is -0.446 e. The molecule has 0 saturated heterocycles. The molecule has 1 atom stereocenters. The van der Waals surface area contributed by atoms with E-state index in [0.29, 0.717) is 6.61 Å². The number of carbonyl (C=O) groups excluding carboxylic acids is 1. The monoisotopic (exact) mass is 201 g/mol. The molecule has 14 heavy (non-hydrogen) atoms. The van der Waals surface area contributed by atoms with Gasteiger partial charge in [0.15, 0.2) is 0 Å². The molecule has 0 heterocycles. The van der Waals surface area contributed by atoms with Crippen molar-refractivity contribution in [2.75, 3.05) is 13.7 Å². The molecule has 1 rings (SSSR count). The average Bonchev–Trinajstić information content (AvgIpc) is 2.56. The first-order valence-electron chi connectivity index (χ1n) is 5.18. The van der Waals surface area contributed by atoms with Gasteiger partial charge in [-0.05, 0) is 32.6 Å².